The van der Waals surface area contributed by atoms with Crippen molar-refractivity contribution in [2.24, 2.45) is 0 Å². The van der Waals surface area contributed by atoms with E-state index in [4.69, 9.17) is 5.11 Å². The van der Waals surface area contributed by atoms with E-state index in [1.165, 1.54) is 13.1 Å². The first kappa shape index (κ1) is 15.2. The summed E-state index contributed by atoms with van der Waals surface area (Å²) < 4.78 is 28.7. The average Bonchev–Trinajstić information content (AvgIpc) is 2.41. The zero-order valence-corrected chi connectivity index (χ0v) is 11.7. The number of thioether (sulfide) groups is 1. The summed E-state index contributed by atoms with van der Waals surface area (Å²) in [6.07, 6.45) is 1.23. The number of hydrogen-bond acceptors (Lipinski definition) is 4. The molecule has 0 atom stereocenters. The number of aryl methyl sites for hydroxylation is 1. The Labute approximate surface area is 122 Å². The Kier molecular flexibility index (Phi) is 4.37. The van der Waals surface area contributed by atoms with E-state index in [1.807, 2.05) is 0 Å². The highest BCUT2D eigenvalue weighted by atomic mass is 32.2. The van der Waals surface area contributed by atoms with Gasteiger partial charge in [-0.15, -0.1) is 0 Å². The Morgan fingerprint density at radius 2 is 2.10 bits per heavy atom. The lowest BCUT2D eigenvalue weighted by Crippen LogP contribution is -2.14. The van der Waals surface area contributed by atoms with E-state index in [-0.39, 0.29) is 22.2 Å². The van der Waals surface area contributed by atoms with Crippen molar-refractivity contribution in [3.05, 3.63) is 51.9 Å². The summed E-state index contributed by atoms with van der Waals surface area (Å²) in [7, 11) is 0. The molecule has 0 spiro atoms. The molecular formula is C13H10F2N2O3S. The molecule has 1 aromatic heterocycles. The van der Waals surface area contributed by atoms with Crippen LogP contribution in [0.2, 0.25) is 0 Å². The van der Waals surface area contributed by atoms with Gasteiger partial charge in [0.2, 0.25) is 0 Å². The smallest absolute Gasteiger partial charge is 0.313 e. The second-order valence-electron chi connectivity index (χ2n) is 4.15. The number of halogens is 2. The van der Waals surface area contributed by atoms with Crippen LogP contribution in [-0.4, -0.2) is 26.4 Å². The van der Waals surface area contributed by atoms with Crippen LogP contribution < -0.4 is 5.56 Å². The van der Waals surface area contributed by atoms with Crippen LogP contribution in [0.15, 0.2) is 34.3 Å². The molecule has 0 aliphatic heterocycles. The van der Waals surface area contributed by atoms with Gasteiger partial charge in [-0.25, -0.2) is 8.78 Å². The van der Waals surface area contributed by atoms with Gasteiger partial charge < -0.3 is 5.11 Å². The van der Waals surface area contributed by atoms with Crippen molar-refractivity contribution >= 4 is 17.7 Å². The third-order valence-electron chi connectivity index (χ3n) is 2.59. The number of carboxylic acid groups (broad SMARTS) is 1. The maximum atomic E-state index is 14.0. The first-order valence-electron chi connectivity index (χ1n) is 5.79. The first-order valence-corrected chi connectivity index (χ1v) is 6.77. The molecule has 0 saturated heterocycles. The van der Waals surface area contributed by atoms with E-state index >= 15 is 0 Å². The van der Waals surface area contributed by atoms with Crippen LogP contribution in [0, 0.1) is 18.6 Å². The van der Waals surface area contributed by atoms with Crippen LogP contribution in [0.25, 0.3) is 5.69 Å². The molecule has 0 radical (unpaired) electrons. The van der Waals surface area contributed by atoms with E-state index in [9.17, 15) is 18.4 Å². The zero-order chi connectivity index (χ0) is 15.6. The van der Waals surface area contributed by atoms with Gasteiger partial charge in [0, 0.05) is 18.3 Å². The largest absolute Gasteiger partial charge is 0.481 e. The third-order valence-corrected chi connectivity index (χ3v) is 3.53. The molecule has 21 heavy (non-hydrogen) atoms. The number of carboxylic acids is 1. The fourth-order valence-corrected chi connectivity index (χ4v) is 2.32. The molecule has 0 aliphatic rings. The lowest BCUT2D eigenvalue weighted by atomic mass is 10.2. The van der Waals surface area contributed by atoms with E-state index in [1.54, 1.807) is 0 Å². The summed E-state index contributed by atoms with van der Waals surface area (Å²) in [6.45, 7) is 1.42. The highest BCUT2D eigenvalue weighted by Crippen LogP contribution is 2.23. The Morgan fingerprint density at radius 1 is 1.38 bits per heavy atom. The summed E-state index contributed by atoms with van der Waals surface area (Å²) >= 11 is 0.746. The second-order valence-corrected chi connectivity index (χ2v) is 5.10. The van der Waals surface area contributed by atoms with E-state index in [0.717, 1.165) is 34.5 Å². The van der Waals surface area contributed by atoms with E-state index in [0.29, 0.717) is 0 Å². The first-order chi connectivity index (χ1) is 9.88. The maximum absolute atomic E-state index is 14.0. The Balaban J connectivity index is 2.55. The highest BCUT2D eigenvalue weighted by molar-refractivity contribution is 7.99. The molecule has 0 fully saturated rings. The molecule has 0 bridgehead atoms. The van der Waals surface area contributed by atoms with Crippen LogP contribution in [-0.2, 0) is 4.79 Å². The molecule has 0 aliphatic carbocycles. The van der Waals surface area contributed by atoms with Crippen LogP contribution >= 0.6 is 11.8 Å². The number of aliphatic carboxylic acids is 1. The van der Waals surface area contributed by atoms with Crippen LogP contribution in [0.3, 0.4) is 0 Å². The van der Waals surface area contributed by atoms with Gasteiger partial charge in [0.1, 0.15) is 11.6 Å². The van der Waals surface area contributed by atoms with Crippen LogP contribution in [0.4, 0.5) is 8.78 Å². The second kappa shape index (κ2) is 6.04. The number of rotatable bonds is 4. The summed E-state index contributed by atoms with van der Waals surface area (Å²) in [5.74, 6) is -2.78. The number of carbonyl (C=O) groups is 1. The summed E-state index contributed by atoms with van der Waals surface area (Å²) in [6, 6.07) is 3.08. The van der Waals surface area contributed by atoms with Crippen LogP contribution in [0.5, 0.6) is 0 Å². The summed E-state index contributed by atoms with van der Waals surface area (Å²) in [4.78, 5) is 25.5. The van der Waals surface area contributed by atoms with Gasteiger partial charge in [-0.05, 0) is 18.6 Å². The molecule has 1 N–H and O–H groups in total. The minimum Gasteiger partial charge on any atom is -0.481 e. The van der Waals surface area contributed by atoms with Crippen molar-refractivity contribution in [3.63, 3.8) is 0 Å². The molecule has 1 heterocycles. The van der Waals surface area contributed by atoms with Gasteiger partial charge in [-0.2, -0.15) is 4.98 Å². The fourth-order valence-electron chi connectivity index (χ4n) is 1.62. The van der Waals surface area contributed by atoms with Crippen molar-refractivity contribution in [2.75, 3.05) is 5.75 Å². The van der Waals surface area contributed by atoms with Crippen molar-refractivity contribution in [2.45, 2.75) is 12.1 Å². The molecule has 0 unspecified atom stereocenters. The Morgan fingerprint density at radius 3 is 2.76 bits per heavy atom. The molecule has 110 valence electrons. The van der Waals surface area contributed by atoms with Gasteiger partial charge in [-0.1, -0.05) is 11.8 Å². The summed E-state index contributed by atoms with van der Waals surface area (Å²) in [5.41, 5.74) is -0.587. The number of nitrogens with zero attached hydrogens (tertiary/aromatic N) is 2. The molecule has 1 aromatic carbocycles. The Bertz CT molecular complexity index is 762. The molecular weight excluding hydrogens is 302 g/mol. The Hall–Kier alpha value is -2.22. The lowest BCUT2D eigenvalue weighted by molar-refractivity contribution is -0.133. The van der Waals surface area contributed by atoms with Crippen LogP contribution in [0.1, 0.15) is 5.56 Å². The van der Waals surface area contributed by atoms with Crippen molar-refractivity contribution in [1.82, 2.24) is 9.55 Å². The zero-order valence-electron chi connectivity index (χ0n) is 10.8. The maximum Gasteiger partial charge on any atom is 0.313 e. The molecule has 2 aromatic rings. The predicted octanol–water partition coefficient (Wildman–Crippen LogP) is 2.00. The quantitative estimate of drug-likeness (QED) is 0.690. The summed E-state index contributed by atoms with van der Waals surface area (Å²) in [5, 5.41) is 8.65. The number of benzene rings is 1. The molecule has 5 nitrogen and oxygen atoms in total. The van der Waals surface area contributed by atoms with E-state index in [2.05, 4.69) is 4.98 Å². The van der Waals surface area contributed by atoms with Crippen molar-refractivity contribution < 1.29 is 18.7 Å². The van der Waals surface area contributed by atoms with Gasteiger partial charge in [0.15, 0.2) is 5.16 Å². The number of aromatic nitrogens is 2. The monoisotopic (exact) mass is 312 g/mol. The lowest BCUT2D eigenvalue weighted by Gasteiger charge is -2.12. The van der Waals surface area contributed by atoms with Crippen molar-refractivity contribution in [1.29, 1.82) is 0 Å². The topological polar surface area (TPSA) is 72.2 Å². The van der Waals surface area contributed by atoms with Gasteiger partial charge in [0.25, 0.3) is 5.56 Å². The standard InChI is InChI=1S/C13H10F2N2O3S/c1-7-4-9(15)10(5-8(7)14)17-3-2-11(18)16-13(17)21-6-12(19)20/h2-5H,6H2,1H3,(H,19,20). The normalized spacial score (nSPS) is 10.6. The van der Waals surface area contributed by atoms with Gasteiger partial charge >= 0.3 is 5.97 Å². The highest BCUT2D eigenvalue weighted by Gasteiger charge is 2.14. The SMILES string of the molecule is Cc1cc(F)c(-n2ccc(=O)nc2SCC(=O)O)cc1F. The van der Waals surface area contributed by atoms with Gasteiger partial charge in [0.05, 0.1) is 11.4 Å². The number of hydrogen-bond donors (Lipinski definition) is 1. The molecule has 2 rings (SSSR count). The minimum atomic E-state index is -1.11. The minimum absolute atomic E-state index is 0.0212. The fraction of sp³-hybridized carbons (Fsp3) is 0.154. The molecule has 0 amide bonds. The average molecular weight is 312 g/mol. The third kappa shape index (κ3) is 3.46. The molecule has 8 heteroatoms. The van der Waals surface area contributed by atoms with E-state index < -0.39 is 23.2 Å². The molecule has 0 saturated carbocycles. The van der Waals surface area contributed by atoms with Gasteiger partial charge in [-0.3, -0.25) is 14.2 Å². The predicted molar refractivity (Wildman–Crippen MR) is 72.8 cm³/mol. The van der Waals surface area contributed by atoms with Crippen molar-refractivity contribution in [3.8, 4) is 5.69 Å².